The van der Waals surface area contributed by atoms with Crippen molar-refractivity contribution in [3.05, 3.63) is 0 Å². The first-order valence-corrected chi connectivity index (χ1v) is 6.77. The maximum absolute atomic E-state index is 10.8. The third-order valence-corrected chi connectivity index (χ3v) is 4.97. The number of aliphatic hydroxyl groups is 1. The van der Waals surface area contributed by atoms with Crippen molar-refractivity contribution in [2.45, 2.75) is 12.5 Å². The number of aliphatic hydroxyl groups excluding tert-OH is 1. The second kappa shape index (κ2) is 4.52. The molecule has 0 fully saturated rings. The molecule has 0 aromatic carbocycles. The monoisotopic (exact) mass is 279 g/mol. The van der Waals surface area contributed by atoms with Crippen LogP contribution < -0.4 is 0 Å². The van der Waals surface area contributed by atoms with Crippen molar-refractivity contribution in [3.8, 4) is 0 Å². The Hall–Kier alpha value is -0.310. The highest BCUT2D eigenvalue weighted by molar-refractivity contribution is 7.65. The lowest BCUT2D eigenvalue weighted by Crippen LogP contribution is -2.51. The van der Waals surface area contributed by atoms with Gasteiger partial charge in [0.1, 0.15) is 0 Å². The van der Waals surface area contributed by atoms with Crippen LogP contribution in [0.25, 0.3) is 0 Å². The first-order chi connectivity index (χ1) is 6.87. The van der Waals surface area contributed by atoms with E-state index in [9.17, 15) is 13.9 Å². The topological polar surface area (TPSA) is 176 Å². The third-order valence-electron chi connectivity index (χ3n) is 1.70. The van der Waals surface area contributed by atoms with E-state index in [-0.39, 0.29) is 0 Å². The van der Waals surface area contributed by atoms with E-state index in [1.807, 2.05) is 0 Å². The predicted octanol–water partition coefficient (Wildman–Crippen LogP) is -1.69. The van der Waals surface area contributed by atoms with Crippen molar-refractivity contribution in [3.63, 3.8) is 0 Å². The molecule has 0 saturated heterocycles. The Morgan fingerprint density at radius 3 is 1.56 bits per heavy atom. The minimum Gasteiger partial charge on any atom is -0.480 e. The molecule has 12 heteroatoms. The van der Waals surface area contributed by atoms with Crippen LogP contribution in [0.5, 0.6) is 0 Å². The molecule has 0 unspecified atom stereocenters. The van der Waals surface area contributed by atoms with Crippen LogP contribution in [0.4, 0.5) is 0 Å². The van der Waals surface area contributed by atoms with Gasteiger partial charge in [-0.15, -0.1) is 0 Å². The van der Waals surface area contributed by atoms with Crippen molar-refractivity contribution >= 4 is 21.5 Å². The van der Waals surface area contributed by atoms with Crippen LogP contribution in [0.3, 0.4) is 0 Å². The van der Waals surface area contributed by atoms with Crippen LogP contribution in [0.2, 0.25) is 0 Å². The molecule has 0 aliphatic heterocycles. The molecule has 0 aromatic heterocycles. The maximum Gasteiger partial charge on any atom is 0.413 e. The predicted molar refractivity (Wildman–Crippen MR) is 49.1 cm³/mol. The lowest BCUT2D eigenvalue weighted by atomic mass is 10.1. The van der Waals surface area contributed by atoms with Crippen LogP contribution in [0, 0.1) is 0 Å². The fraction of sp³-hybridized carbons (Fsp3) is 0.750. The molecule has 0 heterocycles. The van der Waals surface area contributed by atoms with Gasteiger partial charge in [0.15, 0.2) is 5.54 Å². The van der Waals surface area contributed by atoms with Gasteiger partial charge in [0.2, 0.25) is 0 Å². The summed E-state index contributed by atoms with van der Waals surface area (Å²) in [7, 11) is -11.1. The molecule has 6 N–H and O–H groups in total. The van der Waals surface area contributed by atoms with E-state index >= 15 is 0 Å². The first kappa shape index (κ1) is 15.7. The van der Waals surface area contributed by atoms with Crippen molar-refractivity contribution < 1.29 is 43.7 Å². The number of nitrogens with zero attached hydrogens (tertiary/aromatic N) is 1. The van der Waals surface area contributed by atoms with E-state index in [2.05, 4.69) is 0 Å². The summed E-state index contributed by atoms with van der Waals surface area (Å²) in [6.07, 6.45) is 0. The fourth-order valence-corrected chi connectivity index (χ4v) is 3.61. The number of carboxylic acid groups (broad SMARTS) is 1. The SMILES string of the molecule is C[C@](CO)(C(=O)O)N(P(=O)(O)O)P(=O)(O)O. The van der Waals surface area contributed by atoms with Crippen molar-refractivity contribution in [1.82, 2.24) is 4.44 Å². The Bertz CT molecular complexity index is 348. The van der Waals surface area contributed by atoms with Gasteiger partial charge in [0.25, 0.3) is 0 Å². The number of aliphatic carboxylic acids is 1. The molecule has 0 rings (SSSR count). The maximum atomic E-state index is 10.8. The Kier molecular flexibility index (Phi) is 4.43. The third kappa shape index (κ3) is 3.09. The van der Waals surface area contributed by atoms with Gasteiger partial charge in [0.05, 0.1) is 6.61 Å². The summed E-state index contributed by atoms with van der Waals surface area (Å²) in [5.74, 6) is -1.98. The van der Waals surface area contributed by atoms with Crippen molar-refractivity contribution in [1.29, 1.82) is 0 Å². The highest BCUT2D eigenvalue weighted by Gasteiger charge is 2.56. The molecule has 1 atom stereocenters. The summed E-state index contributed by atoms with van der Waals surface area (Å²) in [5.41, 5.74) is -2.79. The molecule has 0 aromatic rings. The van der Waals surface area contributed by atoms with Gasteiger partial charge in [0, 0.05) is 0 Å². The summed E-state index contributed by atoms with van der Waals surface area (Å²) in [4.78, 5) is 45.5. The lowest BCUT2D eigenvalue weighted by Gasteiger charge is -2.35. The summed E-state index contributed by atoms with van der Waals surface area (Å²) in [6, 6.07) is 0. The lowest BCUT2D eigenvalue weighted by molar-refractivity contribution is -0.148. The summed E-state index contributed by atoms with van der Waals surface area (Å²) in [5, 5.41) is 17.4. The molecular weight excluding hydrogens is 268 g/mol. The van der Waals surface area contributed by atoms with E-state index in [0.717, 1.165) is 0 Å². The molecule has 0 aliphatic rings. The Labute approximate surface area is 89.6 Å². The molecular formula is C4H11NO9P2. The van der Waals surface area contributed by atoms with Gasteiger partial charge in [-0.25, -0.2) is 9.13 Å². The van der Waals surface area contributed by atoms with Gasteiger partial charge in [-0.05, 0) is 6.92 Å². The van der Waals surface area contributed by atoms with E-state index in [1.54, 1.807) is 0 Å². The highest BCUT2D eigenvalue weighted by Crippen LogP contribution is 2.61. The Morgan fingerprint density at radius 2 is 1.50 bits per heavy atom. The smallest absolute Gasteiger partial charge is 0.413 e. The van der Waals surface area contributed by atoms with Crippen molar-refractivity contribution in [2.24, 2.45) is 0 Å². The molecule has 96 valence electrons. The highest BCUT2D eigenvalue weighted by atomic mass is 31.3. The summed E-state index contributed by atoms with van der Waals surface area (Å²) < 4.78 is 20.9. The largest absolute Gasteiger partial charge is 0.480 e. The second-order valence-corrected chi connectivity index (χ2v) is 6.22. The Balaban J connectivity index is 5.81. The number of hydrogen-bond donors (Lipinski definition) is 6. The van der Waals surface area contributed by atoms with Crippen LogP contribution in [0.15, 0.2) is 0 Å². The van der Waals surface area contributed by atoms with Gasteiger partial charge >= 0.3 is 21.5 Å². The number of carbonyl (C=O) groups is 1. The molecule has 0 spiro atoms. The zero-order valence-electron chi connectivity index (χ0n) is 7.96. The second-order valence-electron chi connectivity index (χ2n) is 3.05. The molecule has 0 radical (unpaired) electrons. The van der Waals surface area contributed by atoms with Crippen molar-refractivity contribution in [2.75, 3.05) is 6.61 Å². The fourth-order valence-electron chi connectivity index (χ4n) is 0.943. The van der Waals surface area contributed by atoms with Gasteiger partial charge in [-0.1, -0.05) is 4.44 Å². The Morgan fingerprint density at radius 1 is 1.19 bits per heavy atom. The van der Waals surface area contributed by atoms with Gasteiger partial charge in [-0.3, -0.25) is 4.79 Å². The standard InChI is InChI=1S/C4H11NO9P2/c1-4(2-6,3(7)8)5(15(9,10)11)16(12,13)14/h6H,2H2,1H3,(H,7,8)(H2,9,10,11)(H2,12,13,14)/t4-/m0/s1. The zero-order chi connectivity index (χ0) is 13.4. The minimum atomic E-state index is -5.56. The van der Waals surface area contributed by atoms with Crippen LogP contribution in [-0.4, -0.2) is 52.3 Å². The molecule has 16 heavy (non-hydrogen) atoms. The molecule has 0 aliphatic carbocycles. The van der Waals surface area contributed by atoms with E-state index in [1.165, 1.54) is 0 Å². The quantitative estimate of drug-likeness (QED) is 0.318. The molecule has 0 amide bonds. The van der Waals surface area contributed by atoms with Gasteiger partial charge < -0.3 is 29.8 Å². The zero-order valence-corrected chi connectivity index (χ0v) is 9.75. The van der Waals surface area contributed by atoms with Crippen LogP contribution in [0.1, 0.15) is 6.92 Å². The molecule has 10 nitrogen and oxygen atoms in total. The molecule has 0 saturated carbocycles. The summed E-state index contributed by atoms with van der Waals surface area (Å²) in [6.45, 7) is -0.813. The van der Waals surface area contributed by atoms with E-state index < -0.39 is 38.0 Å². The minimum absolute atomic E-state index is 0.577. The average Bonchev–Trinajstić information content (AvgIpc) is 1.97. The number of carboxylic acids is 1. The van der Waals surface area contributed by atoms with Crippen LogP contribution in [-0.2, 0) is 13.9 Å². The summed E-state index contributed by atoms with van der Waals surface area (Å²) >= 11 is 0. The average molecular weight is 279 g/mol. The molecule has 0 bridgehead atoms. The number of hydrogen-bond acceptors (Lipinski definition) is 4. The van der Waals surface area contributed by atoms with Crippen LogP contribution >= 0.6 is 15.5 Å². The van der Waals surface area contributed by atoms with Gasteiger partial charge in [-0.2, -0.15) is 0 Å². The van der Waals surface area contributed by atoms with E-state index in [0.29, 0.717) is 6.92 Å². The number of rotatable bonds is 5. The first-order valence-electron chi connectivity index (χ1n) is 3.64. The van der Waals surface area contributed by atoms with E-state index in [4.69, 9.17) is 29.8 Å². The normalized spacial score (nSPS) is 17.2.